The van der Waals surface area contributed by atoms with Gasteiger partial charge in [0.05, 0.1) is 33.4 Å². The van der Waals surface area contributed by atoms with Gasteiger partial charge in [-0.15, -0.1) is 11.3 Å². The molecule has 6 rings (SSSR count). The van der Waals surface area contributed by atoms with Gasteiger partial charge in [-0.1, -0.05) is 23.2 Å². The summed E-state index contributed by atoms with van der Waals surface area (Å²) in [6.07, 6.45) is 5.36. The molecule has 3 aromatic heterocycles. The van der Waals surface area contributed by atoms with Crippen LogP contribution in [0, 0.1) is 5.82 Å². The SMILES string of the molecule is CN1CCN(CCn2cc3c(n2)CCc2c-3sc3ncnc(Nc4cc(Cl)c(Cl)cc4F)c23)CC1. The van der Waals surface area contributed by atoms with E-state index >= 15 is 0 Å². The molecule has 7 nitrogen and oxygen atoms in total. The topological polar surface area (TPSA) is 62.1 Å². The molecule has 0 atom stereocenters. The van der Waals surface area contributed by atoms with Crippen LogP contribution in [0.2, 0.25) is 10.0 Å². The smallest absolute Gasteiger partial charge is 0.148 e. The summed E-state index contributed by atoms with van der Waals surface area (Å²) in [7, 11) is 2.17. The van der Waals surface area contributed by atoms with Crippen molar-refractivity contribution in [3.05, 3.63) is 51.8 Å². The minimum absolute atomic E-state index is 0.174. The number of hydrogen-bond acceptors (Lipinski definition) is 7. The van der Waals surface area contributed by atoms with Crippen LogP contribution in [0.1, 0.15) is 11.3 Å². The number of nitrogens with one attached hydrogen (secondary N) is 1. The zero-order valence-corrected chi connectivity index (χ0v) is 21.5. The molecule has 0 unspecified atom stereocenters. The third-order valence-electron chi connectivity index (χ3n) is 6.79. The zero-order chi connectivity index (χ0) is 24.1. The van der Waals surface area contributed by atoms with E-state index in [-0.39, 0.29) is 15.7 Å². The number of thiophene rings is 1. The van der Waals surface area contributed by atoms with Crippen molar-refractivity contribution in [1.82, 2.24) is 29.5 Å². The van der Waals surface area contributed by atoms with Gasteiger partial charge in [0, 0.05) is 49.4 Å². The summed E-state index contributed by atoms with van der Waals surface area (Å²) in [5, 5.41) is 9.39. The summed E-state index contributed by atoms with van der Waals surface area (Å²) >= 11 is 13.7. The highest BCUT2D eigenvalue weighted by Gasteiger charge is 2.27. The summed E-state index contributed by atoms with van der Waals surface area (Å²) in [6.45, 7) is 6.31. The maximum absolute atomic E-state index is 14.5. The molecule has 1 aromatic carbocycles. The van der Waals surface area contributed by atoms with Crippen molar-refractivity contribution in [3.63, 3.8) is 0 Å². The lowest BCUT2D eigenvalue weighted by Gasteiger charge is -2.32. The molecule has 0 saturated carbocycles. The minimum Gasteiger partial charge on any atom is -0.337 e. The van der Waals surface area contributed by atoms with E-state index in [1.807, 2.05) is 0 Å². The third-order valence-corrected chi connectivity index (χ3v) is 8.68. The van der Waals surface area contributed by atoms with Crippen LogP contribution >= 0.6 is 34.5 Å². The molecule has 1 fully saturated rings. The van der Waals surface area contributed by atoms with E-state index < -0.39 is 5.82 Å². The molecule has 1 aliphatic carbocycles. The van der Waals surface area contributed by atoms with Crippen molar-refractivity contribution in [3.8, 4) is 10.4 Å². The van der Waals surface area contributed by atoms with E-state index in [2.05, 4.69) is 43.0 Å². The Labute approximate surface area is 216 Å². The second kappa shape index (κ2) is 9.29. The first-order chi connectivity index (χ1) is 17.0. The highest BCUT2D eigenvalue weighted by Crippen LogP contribution is 2.45. The second-order valence-corrected chi connectivity index (χ2v) is 10.9. The number of rotatable bonds is 5. The molecule has 35 heavy (non-hydrogen) atoms. The largest absolute Gasteiger partial charge is 0.337 e. The fraction of sp³-hybridized carbons (Fsp3) is 0.375. The van der Waals surface area contributed by atoms with E-state index in [1.165, 1.54) is 34.5 Å². The van der Waals surface area contributed by atoms with Gasteiger partial charge in [0.2, 0.25) is 0 Å². The van der Waals surface area contributed by atoms with E-state index in [1.54, 1.807) is 11.3 Å². The molecule has 2 aliphatic rings. The number of aryl methyl sites for hydroxylation is 2. The number of anilines is 2. The normalized spacial score (nSPS) is 16.5. The van der Waals surface area contributed by atoms with Gasteiger partial charge in [0.1, 0.15) is 22.8 Å². The summed E-state index contributed by atoms with van der Waals surface area (Å²) in [4.78, 5) is 15.9. The van der Waals surface area contributed by atoms with E-state index in [9.17, 15) is 4.39 Å². The Balaban J connectivity index is 1.29. The molecule has 1 N–H and O–H groups in total. The highest BCUT2D eigenvalue weighted by atomic mass is 35.5. The molecule has 1 saturated heterocycles. The Hall–Kier alpha value is -2.30. The molecule has 182 valence electrons. The molecule has 4 heterocycles. The van der Waals surface area contributed by atoms with Gasteiger partial charge >= 0.3 is 0 Å². The van der Waals surface area contributed by atoms with Crippen LogP contribution in [-0.4, -0.2) is 69.3 Å². The van der Waals surface area contributed by atoms with Crippen LogP contribution in [0.25, 0.3) is 20.7 Å². The van der Waals surface area contributed by atoms with Gasteiger partial charge in [-0.3, -0.25) is 9.58 Å². The molecule has 0 spiro atoms. The number of piperazine rings is 1. The number of fused-ring (bicyclic) bond motifs is 5. The lowest BCUT2D eigenvalue weighted by molar-refractivity contribution is 0.148. The molecular formula is C24H24Cl2FN7S. The van der Waals surface area contributed by atoms with E-state index in [4.69, 9.17) is 28.3 Å². The minimum atomic E-state index is -0.487. The fourth-order valence-corrected chi connectivity index (χ4v) is 6.33. The average molecular weight is 532 g/mol. The zero-order valence-electron chi connectivity index (χ0n) is 19.2. The van der Waals surface area contributed by atoms with Crippen LogP contribution in [0.15, 0.2) is 24.7 Å². The van der Waals surface area contributed by atoms with Crippen molar-refractivity contribution >= 4 is 56.3 Å². The second-order valence-electron chi connectivity index (χ2n) is 9.08. The number of likely N-dealkylation sites (N-methyl/N-ethyl adjacent to an activating group) is 1. The molecule has 11 heteroatoms. The first-order valence-corrected chi connectivity index (χ1v) is 13.2. The van der Waals surface area contributed by atoms with Crippen LogP contribution in [0.3, 0.4) is 0 Å². The first-order valence-electron chi connectivity index (χ1n) is 11.6. The molecular weight excluding hydrogens is 508 g/mol. The molecule has 0 bridgehead atoms. The number of aromatic nitrogens is 4. The lowest BCUT2D eigenvalue weighted by Crippen LogP contribution is -2.45. The van der Waals surface area contributed by atoms with Crippen molar-refractivity contribution in [1.29, 1.82) is 0 Å². The third kappa shape index (κ3) is 4.40. The number of hydrogen-bond donors (Lipinski definition) is 1. The predicted molar refractivity (Wildman–Crippen MR) is 140 cm³/mol. The Morgan fingerprint density at radius 1 is 1.06 bits per heavy atom. The summed E-state index contributed by atoms with van der Waals surface area (Å²) < 4.78 is 16.6. The highest BCUT2D eigenvalue weighted by molar-refractivity contribution is 7.22. The molecule has 4 aromatic rings. The van der Waals surface area contributed by atoms with Gasteiger partial charge in [-0.2, -0.15) is 5.10 Å². The molecule has 0 radical (unpaired) electrons. The quantitative estimate of drug-likeness (QED) is 0.362. The van der Waals surface area contributed by atoms with Gasteiger partial charge in [-0.25, -0.2) is 14.4 Å². The van der Waals surface area contributed by atoms with Crippen LogP contribution in [-0.2, 0) is 19.4 Å². The van der Waals surface area contributed by atoms with Gasteiger partial charge in [0.15, 0.2) is 0 Å². The summed E-state index contributed by atoms with van der Waals surface area (Å²) in [5.74, 6) is 0.0786. The Kier molecular flexibility index (Phi) is 6.14. The monoisotopic (exact) mass is 531 g/mol. The summed E-state index contributed by atoms with van der Waals surface area (Å²) in [5.41, 5.74) is 3.70. The van der Waals surface area contributed by atoms with Gasteiger partial charge < -0.3 is 10.2 Å². The Morgan fingerprint density at radius 2 is 1.86 bits per heavy atom. The Morgan fingerprint density at radius 3 is 2.69 bits per heavy atom. The van der Waals surface area contributed by atoms with Crippen molar-refractivity contribution in [2.45, 2.75) is 19.4 Å². The van der Waals surface area contributed by atoms with Gasteiger partial charge in [-0.05, 0) is 37.6 Å². The molecule has 1 aliphatic heterocycles. The van der Waals surface area contributed by atoms with Gasteiger partial charge in [0.25, 0.3) is 0 Å². The van der Waals surface area contributed by atoms with E-state index in [0.29, 0.717) is 5.82 Å². The fourth-order valence-electron chi connectivity index (χ4n) is 4.80. The first kappa shape index (κ1) is 23.1. The van der Waals surface area contributed by atoms with E-state index in [0.717, 1.165) is 68.0 Å². The predicted octanol–water partition coefficient (Wildman–Crippen LogP) is 5.09. The molecule has 0 amide bonds. The van der Waals surface area contributed by atoms with Crippen LogP contribution < -0.4 is 5.32 Å². The lowest BCUT2D eigenvalue weighted by atomic mass is 9.95. The maximum Gasteiger partial charge on any atom is 0.148 e. The standard InChI is InChI=1S/C24H24Cl2FN7S/c1-32-4-6-33(7-5-32)8-9-34-12-15-19(31-34)3-2-14-21-23(28-13-29-24(21)35-22(14)15)30-20-11-17(26)16(25)10-18(20)27/h10-13H,2-9H2,1H3,(H,28,29,30). The Bertz CT molecular complexity index is 1410. The summed E-state index contributed by atoms with van der Waals surface area (Å²) in [6, 6.07) is 2.69. The maximum atomic E-state index is 14.5. The number of benzene rings is 1. The number of halogens is 3. The van der Waals surface area contributed by atoms with Crippen molar-refractivity contribution in [2.24, 2.45) is 0 Å². The van der Waals surface area contributed by atoms with Crippen LogP contribution in [0.5, 0.6) is 0 Å². The van der Waals surface area contributed by atoms with Crippen molar-refractivity contribution < 1.29 is 4.39 Å². The number of nitrogens with zero attached hydrogens (tertiary/aromatic N) is 6. The van der Waals surface area contributed by atoms with Crippen molar-refractivity contribution in [2.75, 3.05) is 45.1 Å². The van der Waals surface area contributed by atoms with Crippen LogP contribution in [0.4, 0.5) is 15.9 Å². The average Bonchev–Trinajstić information content (AvgIpc) is 3.43.